The highest BCUT2D eigenvalue weighted by Crippen LogP contribution is 2.23. The molecule has 0 bridgehead atoms. The van der Waals surface area contributed by atoms with E-state index in [-0.39, 0.29) is 18.4 Å². The van der Waals surface area contributed by atoms with Gasteiger partial charge in [-0.15, -0.1) is 0 Å². The van der Waals surface area contributed by atoms with E-state index < -0.39 is 0 Å². The van der Waals surface area contributed by atoms with Crippen LogP contribution in [0.4, 0.5) is 0 Å². The van der Waals surface area contributed by atoms with E-state index in [1.807, 2.05) is 37.3 Å². The van der Waals surface area contributed by atoms with Crippen LogP contribution < -0.4 is 10.1 Å². The molecular weight excluding hydrogens is 340 g/mol. The number of carbonyl (C=O) groups is 2. The maximum atomic E-state index is 12.0. The molecule has 0 spiro atoms. The van der Waals surface area contributed by atoms with Gasteiger partial charge in [-0.05, 0) is 53.8 Å². The van der Waals surface area contributed by atoms with E-state index in [1.165, 1.54) is 10.5 Å². The fourth-order valence-corrected chi connectivity index (χ4v) is 2.81. The van der Waals surface area contributed by atoms with Crippen molar-refractivity contribution in [2.75, 3.05) is 20.7 Å². The summed E-state index contributed by atoms with van der Waals surface area (Å²) in [5.41, 5.74) is 3.99. The van der Waals surface area contributed by atoms with Crippen molar-refractivity contribution in [2.45, 2.75) is 33.2 Å². The number of rotatable bonds is 7. The molecule has 0 unspecified atom stereocenters. The first kappa shape index (κ1) is 20.5. The normalized spacial score (nSPS) is 10.6. The van der Waals surface area contributed by atoms with Gasteiger partial charge in [0.1, 0.15) is 5.75 Å². The van der Waals surface area contributed by atoms with Crippen molar-refractivity contribution >= 4 is 11.8 Å². The summed E-state index contributed by atoms with van der Waals surface area (Å²) in [6, 6.07) is 13.1. The van der Waals surface area contributed by atoms with Crippen LogP contribution in [-0.2, 0) is 11.3 Å². The van der Waals surface area contributed by atoms with Crippen LogP contribution in [0, 0.1) is 6.92 Å². The van der Waals surface area contributed by atoms with Crippen LogP contribution in [0.3, 0.4) is 0 Å². The highest BCUT2D eigenvalue weighted by atomic mass is 16.5. The number of benzene rings is 2. The Morgan fingerprint density at radius 3 is 2.30 bits per heavy atom. The first-order valence-electron chi connectivity index (χ1n) is 9.08. The van der Waals surface area contributed by atoms with Gasteiger partial charge in [0.05, 0.1) is 0 Å². The highest BCUT2D eigenvalue weighted by Gasteiger charge is 2.09. The van der Waals surface area contributed by atoms with E-state index in [4.69, 9.17) is 4.74 Å². The van der Waals surface area contributed by atoms with Gasteiger partial charge in [-0.25, -0.2) is 0 Å². The number of carbonyl (C=O) groups excluding carboxylic acids is 2. The molecule has 2 amide bonds. The minimum atomic E-state index is -0.186. The molecule has 2 rings (SSSR count). The van der Waals surface area contributed by atoms with Gasteiger partial charge in [-0.1, -0.05) is 32.0 Å². The van der Waals surface area contributed by atoms with Crippen molar-refractivity contribution in [3.63, 3.8) is 0 Å². The van der Waals surface area contributed by atoms with Crippen molar-refractivity contribution in [1.29, 1.82) is 0 Å². The minimum Gasteiger partial charge on any atom is -0.484 e. The largest absolute Gasteiger partial charge is 0.484 e. The number of hydrogen-bond donors (Lipinski definition) is 1. The molecule has 0 aliphatic carbocycles. The molecule has 2 aromatic carbocycles. The summed E-state index contributed by atoms with van der Waals surface area (Å²) >= 11 is 0. The smallest absolute Gasteiger partial charge is 0.258 e. The van der Waals surface area contributed by atoms with Gasteiger partial charge >= 0.3 is 0 Å². The van der Waals surface area contributed by atoms with Crippen LogP contribution in [0.1, 0.15) is 46.8 Å². The molecule has 0 fully saturated rings. The fourth-order valence-electron chi connectivity index (χ4n) is 2.81. The first-order valence-corrected chi connectivity index (χ1v) is 9.08. The molecule has 0 radical (unpaired) electrons. The third kappa shape index (κ3) is 5.84. The predicted molar refractivity (Wildman–Crippen MR) is 107 cm³/mol. The Labute approximate surface area is 161 Å². The topological polar surface area (TPSA) is 58.6 Å². The summed E-state index contributed by atoms with van der Waals surface area (Å²) in [6.45, 7) is 6.72. The Bertz CT molecular complexity index is 796. The van der Waals surface area contributed by atoms with E-state index in [2.05, 4.69) is 19.2 Å². The molecule has 0 atom stereocenters. The molecule has 0 aliphatic rings. The summed E-state index contributed by atoms with van der Waals surface area (Å²) in [4.78, 5) is 25.4. The maximum absolute atomic E-state index is 12.0. The summed E-state index contributed by atoms with van der Waals surface area (Å²) < 4.78 is 5.59. The van der Waals surface area contributed by atoms with Crippen LogP contribution in [0.25, 0.3) is 0 Å². The van der Waals surface area contributed by atoms with Gasteiger partial charge in [0.2, 0.25) is 0 Å². The van der Waals surface area contributed by atoms with E-state index in [9.17, 15) is 9.59 Å². The quantitative estimate of drug-likeness (QED) is 0.813. The minimum absolute atomic E-state index is 0.0301. The zero-order valence-corrected chi connectivity index (χ0v) is 16.7. The van der Waals surface area contributed by atoms with E-state index >= 15 is 0 Å². The molecule has 0 aromatic heterocycles. The average molecular weight is 368 g/mol. The Balaban J connectivity index is 1.83. The lowest BCUT2D eigenvalue weighted by molar-refractivity contribution is -0.123. The van der Waals surface area contributed by atoms with Gasteiger partial charge in [-0.3, -0.25) is 9.59 Å². The third-order valence-corrected chi connectivity index (χ3v) is 4.33. The molecule has 5 heteroatoms. The summed E-state index contributed by atoms with van der Waals surface area (Å²) in [5.74, 6) is 0.923. The predicted octanol–water partition coefficient (Wildman–Crippen LogP) is 3.52. The molecule has 0 saturated carbocycles. The molecule has 0 aliphatic heterocycles. The Morgan fingerprint density at radius 2 is 1.74 bits per heavy atom. The Morgan fingerprint density at radius 1 is 1.07 bits per heavy atom. The summed E-state index contributed by atoms with van der Waals surface area (Å²) in [5, 5.41) is 2.83. The third-order valence-electron chi connectivity index (χ3n) is 4.33. The number of ether oxygens (including phenoxy) is 1. The van der Waals surface area contributed by atoms with Crippen LogP contribution in [0.5, 0.6) is 5.75 Å². The van der Waals surface area contributed by atoms with Gasteiger partial charge in [-0.2, -0.15) is 0 Å². The molecule has 0 saturated heterocycles. The van der Waals surface area contributed by atoms with Crippen molar-refractivity contribution < 1.29 is 14.3 Å². The van der Waals surface area contributed by atoms with Crippen LogP contribution in [-0.4, -0.2) is 37.4 Å². The number of nitrogens with one attached hydrogen (secondary N) is 1. The monoisotopic (exact) mass is 368 g/mol. The standard InChI is InChI=1S/C22H28N2O3/c1-15(2)20-11-10-19(12-16(20)3)27-14-21(25)23-13-17-6-8-18(9-7-17)22(26)24(4)5/h6-12,15H,13-14H2,1-5H3,(H,23,25). The van der Waals surface area contributed by atoms with Crippen LogP contribution in [0.15, 0.2) is 42.5 Å². The highest BCUT2D eigenvalue weighted by molar-refractivity contribution is 5.93. The summed E-state index contributed by atoms with van der Waals surface area (Å²) in [6.07, 6.45) is 0. The van der Waals surface area contributed by atoms with Gasteiger partial charge < -0.3 is 15.0 Å². The molecule has 144 valence electrons. The van der Waals surface area contributed by atoms with Gasteiger partial charge in [0.15, 0.2) is 6.61 Å². The van der Waals surface area contributed by atoms with Gasteiger partial charge in [0.25, 0.3) is 11.8 Å². The van der Waals surface area contributed by atoms with Crippen LogP contribution in [0.2, 0.25) is 0 Å². The molecule has 1 N–H and O–H groups in total. The summed E-state index contributed by atoms with van der Waals surface area (Å²) in [7, 11) is 3.43. The number of amides is 2. The first-order chi connectivity index (χ1) is 12.8. The van der Waals surface area contributed by atoms with Gasteiger partial charge in [0, 0.05) is 26.2 Å². The second-order valence-electron chi connectivity index (χ2n) is 7.14. The number of aryl methyl sites for hydroxylation is 1. The lowest BCUT2D eigenvalue weighted by atomic mass is 9.98. The van der Waals surface area contributed by atoms with E-state index in [1.54, 1.807) is 26.2 Å². The van der Waals surface area contributed by atoms with Crippen molar-refractivity contribution in [3.05, 3.63) is 64.7 Å². The average Bonchev–Trinajstić information content (AvgIpc) is 2.64. The fraction of sp³-hybridized carbons (Fsp3) is 0.364. The lowest BCUT2D eigenvalue weighted by Crippen LogP contribution is -2.28. The lowest BCUT2D eigenvalue weighted by Gasteiger charge is -2.13. The molecule has 0 heterocycles. The van der Waals surface area contributed by atoms with Crippen molar-refractivity contribution in [3.8, 4) is 5.75 Å². The number of hydrogen-bond acceptors (Lipinski definition) is 3. The molecule has 5 nitrogen and oxygen atoms in total. The van der Waals surface area contributed by atoms with E-state index in [0.717, 1.165) is 11.1 Å². The maximum Gasteiger partial charge on any atom is 0.258 e. The molecule has 2 aromatic rings. The number of nitrogens with zero attached hydrogens (tertiary/aromatic N) is 1. The van der Waals surface area contributed by atoms with E-state index in [0.29, 0.717) is 23.8 Å². The van der Waals surface area contributed by atoms with Crippen molar-refractivity contribution in [2.24, 2.45) is 0 Å². The zero-order chi connectivity index (χ0) is 20.0. The molecule has 27 heavy (non-hydrogen) atoms. The molecular formula is C22H28N2O3. The second kappa shape index (κ2) is 9.21. The van der Waals surface area contributed by atoms with Crippen LogP contribution >= 0.6 is 0 Å². The Kier molecular flexibility index (Phi) is 6.99. The Hall–Kier alpha value is -2.82. The van der Waals surface area contributed by atoms with Crippen molar-refractivity contribution in [1.82, 2.24) is 10.2 Å². The second-order valence-corrected chi connectivity index (χ2v) is 7.14. The SMILES string of the molecule is Cc1cc(OCC(=O)NCc2ccc(C(=O)N(C)C)cc2)ccc1C(C)C. The zero-order valence-electron chi connectivity index (χ0n) is 16.7.